The number of benzene rings is 1. The van der Waals surface area contributed by atoms with E-state index in [2.05, 4.69) is 9.72 Å². The van der Waals surface area contributed by atoms with Crippen molar-refractivity contribution < 1.29 is 27.8 Å². The first-order valence-electron chi connectivity index (χ1n) is 9.69. The average Bonchev–Trinajstić information content (AvgIpc) is 3.20. The van der Waals surface area contributed by atoms with E-state index in [4.69, 9.17) is 16.2 Å². The zero-order valence-electron chi connectivity index (χ0n) is 17.4. The van der Waals surface area contributed by atoms with Crippen LogP contribution < -0.4 is 21.1 Å². The molecule has 0 aliphatic carbocycles. The maximum atomic E-state index is 12.6. The Morgan fingerprint density at radius 2 is 2.03 bits per heavy atom. The van der Waals surface area contributed by atoms with Crippen LogP contribution in [0.5, 0.6) is 5.75 Å². The van der Waals surface area contributed by atoms with Crippen LogP contribution in [0, 0.1) is 11.6 Å². The lowest BCUT2D eigenvalue weighted by Crippen LogP contribution is -2.42. The predicted octanol–water partition coefficient (Wildman–Crippen LogP) is 2.01. The summed E-state index contributed by atoms with van der Waals surface area (Å²) < 4.78 is 34.9. The van der Waals surface area contributed by atoms with Crippen LogP contribution in [-0.4, -0.2) is 49.2 Å². The van der Waals surface area contributed by atoms with E-state index in [0.29, 0.717) is 25.2 Å². The fourth-order valence-corrected chi connectivity index (χ4v) is 3.02. The van der Waals surface area contributed by atoms with Crippen LogP contribution in [0.4, 0.5) is 14.5 Å². The minimum atomic E-state index is -0.940. The molecule has 2 atom stereocenters. The van der Waals surface area contributed by atoms with Gasteiger partial charge in [-0.25, -0.2) is 4.39 Å². The molecule has 1 aliphatic heterocycles. The third kappa shape index (κ3) is 6.43. The molecule has 168 valence electrons. The van der Waals surface area contributed by atoms with Gasteiger partial charge in [-0.3, -0.25) is 14.6 Å². The Kier molecular flexibility index (Phi) is 8.83. The number of ether oxygens (including phenoxy) is 2. The topological polar surface area (TPSA) is 121 Å². The number of nitrogens with two attached hydrogens (primary N) is 2. The number of methoxy groups -OCH3 is 1. The quantitative estimate of drug-likeness (QED) is 0.715. The van der Waals surface area contributed by atoms with E-state index in [1.807, 2.05) is 6.92 Å². The number of anilines is 1. The van der Waals surface area contributed by atoms with Gasteiger partial charge >= 0.3 is 0 Å². The van der Waals surface area contributed by atoms with Gasteiger partial charge in [-0.2, -0.15) is 4.39 Å². The minimum absolute atomic E-state index is 0.0694. The second kappa shape index (κ2) is 11.3. The molecule has 8 nitrogen and oxygen atoms in total. The highest BCUT2D eigenvalue weighted by atomic mass is 19.2. The zero-order valence-corrected chi connectivity index (χ0v) is 17.4. The van der Waals surface area contributed by atoms with Crippen LogP contribution in [-0.2, 0) is 9.53 Å². The third-order valence-electron chi connectivity index (χ3n) is 4.57. The molecule has 1 aromatic carbocycles. The summed E-state index contributed by atoms with van der Waals surface area (Å²) in [5, 5.41) is 0. The lowest BCUT2D eigenvalue weighted by atomic mass is 10.1. The van der Waals surface area contributed by atoms with Crippen LogP contribution in [0.15, 0.2) is 36.5 Å². The van der Waals surface area contributed by atoms with E-state index >= 15 is 0 Å². The van der Waals surface area contributed by atoms with Crippen LogP contribution in [0.1, 0.15) is 30.3 Å². The van der Waals surface area contributed by atoms with Crippen LogP contribution in [0.3, 0.4) is 0 Å². The molecule has 10 heteroatoms. The lowest BCUT2D eigenvalue weighted by molar-refractivity contribution is -0.128. The van der Waals surface area contributed by atoms with E-state index in [-0.39, 0.29) is 23.5 Å². The van der Waals surface area contributed by atoms with Crippen molar-refractivity contribution in [2.24, 2.45) is 11.5 Å². The first-order valence-corrected chi connectivity index (χ1v) is 9.69. The summed E-state index contributed by atoms with van der Waals surface area (Å²) in [6, 6.07) is 6.93. The fraction of sp³-hybridized carbons (Fsp3) is 0.381. The molecule has 0 radical (unpaired) electrons. The SMILES string of the molecule is CC1CCC(C(=O)N(CCN)c2ccnc(C(N)=O)c2)O1.COc1cccc(F)c1F. The zero-order chi connectivity index (χ0) is 23.0. The predicted molar refractivity (Wildman–Crippen MR) is 111 cm³/mol. The molecule has 2 heterocycles. The standard InChI is InChI=1S/C14H20N4O3.C7H6F2O/c1-9-2-3-12(21-9)14(20)18(7-5-15)10-4-6-17-11(8-10)13(16)19;1-10-6-4-2-3-5(8)7(6)9/h4,6,8-9,12H,2-3,5,7,15H2,1H3,(H2,16,19);2-4H,1H3. The molecular formula is C21H26F2N4O4. The number of rotatable bonds is 6. The van der Waals surface area contributed by atoms with Crippen molar-refractivity contribution in [2.45, 2.75) is 32.0 Å². The number of primary amides is 1. The average molecular weight is 436 g/mol. The molecule has 3 rings (SSSR count). The maximum absolute atomic E-state index is 12.6. The van der Waals surface area contributed by atoms with Crippen molar-refractivity contribution in [3.63, 3.8) is 0 Å². The molecule has 1 aliphatic rings. The fourth-order valence-electron chi connectivity index (χ4n) is 3.02. The van der Waals surface area contributed by atoms with Crippen molar-refractivity contribution in [3.05, 3.63) is 53.9 Å². The molecule has 2 unspecified atom stereocenters. The highest BCUT2D eigenvalue weighted by Gasteiger charge is 2.32. The molecule has 4 N–H and O–H groups in total. The Balaban J connectivity index is 0.000000285. The molecule has 0 spiro atoms. The summed E-state index contributed by atoms with van der Waals surface area (Å²) >= 11 is 0. The Morgan fingerprint density at radius 1 is 1.29 bits per heavy atom. The summed E-state index contributed by atoms with van der Waals surface area (Å²) in [6.45, 7) is 2.59. The molecule has 31 heavy (non-hydrogen) atoms. The Bertz CT molecular complexity index is 913. The molecule has 0 saturated carbocycles. The molecule has 2 amide bonds. The first kappa shape index (κ1) is 24.2. The third-order valence-corrected chi connectivity index (χ3v) is 4.57. The smallest absolute Gasteiger partial charge is 0.267 e. The number of carbonyl (C=O) groups excluding carboxylic acids is 2. The molecular weight excluding hydrogens is 410 g/mol. The molecule has 1 fully saturated rings. The second-order valence-electron chi connectivity index (χ2n) is 6.81. The molecule has 1 saturated heterocycles. The summed E-state index contributed by atoms with van der Waals surface area (Å²) in [7, 11) is 1.29. The van der Waals surface area contributed by atoms with Gasteiger partial charge in [-0.15, -0.1) is 0 Å². The monoisotopic (exact) mass is 436 g/mol. The normalized spacial score (nSPS) is 17.5. The van der Waals surface area contributed by atoms with Crippen molar-refractivity contribution in [2.75, 3.05) is 25.1 Å². The number of nitrogens with zero attached hydrogens (tertiary/aromatic N) is 2. The van der Waals surface area contributed by atoms with Crippen LogP contribution >= 0.6 is 0 Å². The summed E-state index contributed by atoms with van der Waals surface area (Å²) in [5.41, 5.74) is 11.5. The number of carbonyl (C=O) groups is 2. The molecule has 1 aromatic heterocycles. The number of hydrogen-bond acceptors (Lipinski definition) is 6. The Labute approximate surface area is 179 Å². The van der Waals surface area contributed by atoms with Gasteiger partial charge in [-0.1, -0.05) is 6.07 Å². The molecule has 2 aromatic rings. The van der Waals surface area contributed by atoms with Crippen LogP contribution in [0.2, 0.25) is 0 Å². The summed E-state index contributed by atoms with van der Waals surface area (Å²) in [6.07, 6.45) is 2.61. The van der Waals surface area contributed by atoms with E-state index in [1.54, 1.807) is 6.07 Å². The lowest BCUT2D eigenvalue weighted by Gasteiger charge is -2.25. The minimum Gasteiger partial charge on any atom is -0.494 e. The van der Waals surface area contributed by atoms with Gasteiger partial charge in [-0.05, 0) is 44.0 Å². The summed E-state index contributed by atoms with van der Waals surface area (Å²) in [5.74, 6) is -2.68. The van der Waals surface area contributed by atoms with E-state index in [9.17, 15) is 18.4 Å². The second-order valence-corrected chi connectivity index (χ2v) is 6.81. The first-order chi connectivity index (χ1) is 14.8. The van der Waals surface area contributed by atoms with Crippen molar-refractivity contribution >= 4 is 17.5 Å². The number of pyridine rings is 1. The molecule has 0 bridgehead atoms. The Hall–Kier alpha value is -3.11. The largest absolute Gasteiger partial charge is 0.494 e. The highest BCUT2D eigenvalue weighted by molar-refractivity contribution is 5.98. The van der Waals surface area contributed by atoms with Gasteiger partial charge in [0, 0.05) is 25.0 Å². The maximum Gasteiger partial charge on any atom is 0.267 e. The highest BCUT2D eigenvalue weighted by Crippen LogP contribution is 2.24. The van der Waals surface area contributed by atoms with E-state index in [0.717, 1.165) is 12.5 Å². The number of halogens is 2. The van der Waals surface area contributed by atoms with Gasteiger partial charge in [0.15, 0.2) is 11.6 Å². The van der Waals surface area contributed by atoms with E-state index < -0.39 is 23.6 Å². The van der Waals surface area contributed by atoms with Crippen LogP contribution in [0.25, 0.3) is 0 Å². The summed E-state index contributed by atoms with van der Waals surface area (Å²) in [4.78, 5) is 29.2. The number of amides is 2. The Morgan fingerprint density at radius 3 is 2.58 bits per heavy atom. The van der Waals surface area contributed by atoms with E-state index in [1.165, 1.54) is 36.4 Å². The number of hydrogen-bond donors (Lipinski definition) is 2. The van der Waals surface area contributed by atoms with Crippen molar-refractivity contribution in [3.8, 4) is 5.75 Å². The number of aromatic nitrogens is 1. The van der Waals surface area contributed by atoms with Gasteiger partial charge in [0.25, 0.3) is 11.8 Å². The van der Waals surface area contributed by atoms with Crippen molar-refractivity contribution in [1.29, 1.82) is 0 Å². The van der Waals surface area contributed by atoms with Gasteiger partial charge in [0.1, 0.15) is 11.8 Å². The van der Waals surface area contributed by atoms with Gasteiger partial charge in [0.05, 0.1) is 13.2 Å². The van der Waals surface area contributed by atoms with Crippen molar-refractivity contribution in [1.82, 2.24) is 4.98 Å². The van der Waals surface area contributed by atoms with Gasteiger partial charge in [0.2, 0.25) is 5.82 Å². The van der Waals surface area contributed by atoms with Gasteiger partial charge < -0.3 is 25.8 Å².